The molecule has 1 aliphatic rings. The molecular weight excluding hydrogens is 358 g/mol. The SMILES string of the molecule is CC(C)(C)c1nnc(SCC(=O)N2CCC(Cc3ccccc3)CC2)n1N. The van der Waals surface area contributed by atoms with Crippen molar-refractivity contribution in [2.45, 2.75) is 50.6 Å². The quantitative estimate of drug-likeness (QED) is 0.630. The van der Waals surface area contributed by atoms with Gasteiger partial charge < -0.3 is 10.7 Å². The third-order valence-electron chi connectivity index (χ3n) is 4.99. The minimum atomic E-state index is -0.175. The van der Waals surface area contributed by atoms with Crippen LogP contribution in [-0.4, -0.2) is 44.5 Å². The Balaban J connectivity index is 1.47. The number of benzene rings is 1. The summed E-state index contributed by atoms with van der Waals surface area (Å²) in [5.74, 6) is 7.97. The fourth-order valence-electron chi connectivity index (χ4n) is 3.44. The van der Waals surface area contributed by atoms with E-state index in [4.69, 9.17) is 5.84 Å². The number of hydrogen-bond donors (Lipinski definition) is 1. The Kier molecular flexibility index (Phi) is 6.09. The van der Waals surface area contributed by atoms with Gasteiger partial charge in [-0.15, -0.1) is 10.2 Å². The number of piperidine rings is 1. The van der Waals surface area contributed by atoms with E-state index in [2.05, 4.69) is 40.5 Å². The van der Waals surface area contributed by atoms with E-state index in [0.717, 1.165) is 38.2 Å². The summed E-state index contributed by atoms with van der Waals surface area (Å²) in [6.45, 7) is 7.79. The summed E-state index contributed by atoms with van der Waals surface area (Å²) in [6.07, 6.45) is 3.22. The van der Waals surface area contributed by atoms with Crippen molar-refractivity contribution in [2.24, 2.45) is 5.92 Å². The smallest absolute Gasteiger partial charge is 0.233 e. The predicted molar refractivity (Wildman–Crippen MR) is 109 cm³/mol. The highest BCUT2D eigenvalue weighted by Gasteiger charge is 2.25. The fourth-order valence-corrected chi connectivity index (χ4v) is 4.20. The van der Waals surface area contributed by atoms with E-state index in [-0.39, 0.29) is 11.3 Å². The molecule has 0 aliphatic carbocycles. The molecule has 3 rings (SSSR count). The Morgan fingerprint density at radius 2 is 1.85 bits per heavy atom. The van der Waals surface area contributed by atoms with E-state index >= 15 is 0 Å². The molecule has 0 radical (unpaired) electrons. The number of hydrogen-bond acceptors (Lipinski definition) is 5. The highest BCUT2D eigenvalue weighted by Crippen LogP contribution is 2.25. The average molecular weight is 388 g/mol. The van der Waals surface area contributed by atoms with Gasteiger partial charge >= 0.3 is 0 Å². The standard InChI is InChI=1S/C20H29N5OS/c1-20(2,3)18-22-23-19(25(18)21)27-14-17(26)24-11-9-16(10-12-24)13-15-7-5-4-6-8-15/h4-8,16H,9-14,21H2,1-3H3. The van der Waals surface area contributed by atoms with E-state index in [1.165, 1.54) is 22.0 Å². The van der Waals surface area contributed by atoms with Gasteiger partial charge in [0.25, 0.3) is 0 Å². The fraction of sp³-hybridized carbons (Fsp3) is 0.550. The molecule has 2 heterocycles. The van der Waals surface area contributed by atoms with Crippen molar-refractivity contribution in [1.29, 1.82) is 0 Å². The van der Waals surface area contributed by atoms with Crippen LogP contribution in [0.25, 0.3) is 0 Å². The number of rotatable bonds is 5. The molecule has 0 atom stereocenters. The van der Waals surface area contributed by atoms with E-state index in [0.29, 0.717) is 16.8 Å². The molecule has 2 N–H and O–H groups in total. The third kappa shape index (κ3) is 5.03. The lowest BCUT2D eigenvalue weighted by Gasteiger charge is -2.32. The van der Waals surface area contributed by atoms with Crippen LogP contribution in [0, 0.1) is 5.92 Å². The summed E-state index contributed by atoms with van der Waals surface area (Å²) in [5.41, 5.74) is 1.21. The third-order valence-corrected chi connectivity index (χ3v) is 5.92. The van der Waals surface area contributed by atoms with Gasteiger partial charge in [0.2, 0.25) is 11.1 Å². The Morgan fingerprint density at radius 3 is 2.44 bits per heavy atom. The van der Waals surface area contributed by atoms with Crippen LogP contribution in [0.4, 0.5) is 0 Å². The van der Waals surface area contributed by atoms with Crippen LogP contribution in [0.5, 0.6) is 0 Å². The van der Waals surface area contributed by atoms with Crippen LogP contribution >= 0.6 is 11.8 Å². The van der Waals surface area contributed by atoms with Gasteiger partial charge in [0.15, 0.2) is 5.82 Å². The first-order valence-corrected chi connectivity index (χ1v) is 10.5. The van der Waals surface area contributed by atoms with Crippen molar-refractivity contribution in [3.63, 3.8) is 0 Å². The lowest BCUT2D eigenvalue weighted by atomic mass is 9.90. The molecular formula is C20H29N5OS. The largest absolute Gasteiger partial charge is 0.342 e. The highest BCUT2D eigenvalue weighted by molar-refractivity contribution is 7.99. The number of carbonyl (C=O) groups excluding carboxylic acids is 1. The number of nitrogens with two attached hydrogens (primary N) is 1. The molecule has 1 aliphatic heterocycles. The zero-order chi connectivity index (χ0) is 19.4. The van der Waals surface area contributed by atoms with Crippen molar-refractivity contribution in [3.8, 4) is 0 Å². The average Bonchev–Trinajstić information content (AvgIpc) is 3.02. The number of likely N-dealkylation sites (tertiary alicyclic amines) is 1. The minimum Gasteiger partial charge on any atom is -0.342 e. The van der Waals surface area contributed by atoms with Gasteiger partial charge in [-0.05, 0) is 30.7 Å². The molecule has 1 amide bonds. The van der Waals surface area contributed by atoms with Gasteiger partial charge in [0.1, 0.15) is 0 Å². The molecule has 0 spiro atoms. The van der Waals surface area contributed by atoms with Gasteiger partial charge in [-0.25, -0.2) is 4.68 Å². The highest BCUT2D eigenvalue weighted by atomic mass is 32.2. The maximum Gasteiger partial charge on any atom is 0.233 e. The van der Waals surface area contributed by atoms with Crippen LogP contribution in [-0.2, 0) is 16.6 Å². The lowest BCUT2D eigenvalue weighted by molar-refractivity contribution is -0.129. The van der Waals surface area contributed by atoms with Crippen molar-refractivity contribution in [3.05, 3.63) is 41.7 Å². The molecule has 6 nitrogen and oxygen atoms in total. The Labute approximate surface area is 165 Å². The Bertz CT molecular complexity index is 760. The molecule has 1 fully saturated rings. The second-order valence-corrected chi connectivity index (χ2v) is 9.17. The predicted octanol–water partition coefficient (Wildman–Crippen LogP) is 2.86. The molecule has 27 heavy (non-hydrogen) atoms. The molecule has 1 saturated heterocycles. The Morgan fingerprint density at radius 1 is 1.19 bits per heavy atom. The van der Waals surface area contributed by atoms with Crippen molar-refractivity contribution in [2.75, 3.05) is 24.7 Å². The van der Waals surface area contributed by atoms with Crippen LogP contribution in [0.2, 0.25) is 0 Å². The number of nitrogen functional groups attached to an aromatic ring is 1. The first kappa shape index (κ1) is 19.7. The van der Waals surface area contributed by atoms with Crippen LogP contribution in [0.1, 0.15) is 45.0 Å². The van der Waals surface area contributed by atoms with E-state index in [9.17, 15) is 4.79 Å². The summed E-state index contributed by atoms with van der Waals surface area (Å²) in [6, 6.07) is 10.6. The summed E-state index contributed by atoms with van der Waals surface area (Å²) in [7, 11) is 0. The number of amides is 1. The first-order valence-electron chi connectivity index (χ1n) is 9.50. The minimum absolute atomic E-state index is 0.151. The van der Waals surface area contributed by atoms with Gasteiger partial charge in [0.05, 0.1) is 5.75 Å². The summed E-state index contributed by atoms with van der Waals surface area (Å²) < 4.78 is 1.50. The maximum absolute atomic E-state index is 12.6. The van der Waals surface area contributed by atoms with Crippen LogP contribution in [0.3, 0.4) is 0 Å². The van der Waals surface area contributed by atoms with Gasteiger partial charge in [-0.3, -0.25) is 4.79 Å². The summed E-state index contributed by atoms with van der Waals surface area (Å²) in [5, 5.41) is 8.90. The van der Waals surface area contributed by atoms with Crippen molar-refractivity contribution in [1.82, 2.24) is 19.8 Å². The van der Waals surface area contributed by atoms with Crippen molar-refractivity contribution < 1.29 is 4.79 Å². The van der Waals surface area contributed by atoms with Crippen molar-refractivity contribution >= 4 is 17.7 Å². The first-order chi connectivity index (χ1) is 12.8. The summed E-state index contributed by atoms with van der Waals surface area (Å²) >= 11 is 1.36. The topological polar surface area (TPSA) is 77.0 Å². The molecule has 0 saturated carbocycles. The second-order valence-electron chi connectivity index (χ2n) is 8.23. The number of nitrogens with zero attached hydrogens (tertiary/aromatic N) is 4. The molecule has 146 valence electrons. The zero-order valence-electron chi connectivity index (χ0n) is 16.4. The Hall–Kier alpha value is -2.02. The zero-order valence-corrected chi connectivity index (χ0v) is 17.2. The number of aromatic nitrogens is 3. The normalized spacial score (nSPS) is 15.9. The number of carbonyl (C=O) groups is 1. The number of thioether (sulfide) groups is 1. The van der Waals surface area contributed by atoms with Gasteiger partial charge in [0, 0.05) is 18.5 Å². The summed E-state index contributed by atoms with van der Waals surface area (Å²) in [4.78, 5) is 14.5. The monoisotopic (exact) mass is 387 g/mol. The molecule has 0 bridgehead atoms. The van der Waals surface area contributed by atoms with E-state index < -0.39 is 0 Å². The molecule has 1 aromatic carbocycles. The van der Waals surface area contributed by atoms with Gasteiger partial charge in [-0.1, -0.05) is 62.9 Å². The van der Waals surface area contributed by atoms with E-state index in [1.807, 2.05) is 25.7 Å². The van der Waals surface area contributed by atoms with E-state index in [1.54, 1.807) is 0 Å². The lowest BCUT2D eigenvalue weighted by Crippen LogP contribution is -2.40. The molecule has 1 aromatic heterocycles. The molecule has 7 heteroatoms. The second kappa shape index (κ2) is 8.33. The molecule has 2 aromatic rings. The molecule has 0 unspecified atom stereocenters. The van der Waals surface area contributed by atoms with Crippen LogP contribution in [0.15, 0.2) is 35.5 Å². The van der Waals surface area contributed by atoms with Crippen LogP contribution < -0.4 is 5.84 Å². The van der Waals surface area contributed by atoms with Gasteiger partial charge in [-0.2, -0.15) is 0 Å². The maximum atomic E-state index is 12.6.